The minimum absolute atomic E-state index is 0.0991. The molecule has 7 nitrogen and oxygen atoms in total. The van der Waals surface area contributed by atoms with Gasteiger partial charge in [0, 0.05) is 25.2 Å². The Morgan fingerprint density at radius 1 is 1.31 bits per heavy atom. The van der Waals surface area contributed by atoms with E-state index in [1.165, 1.54) is 0 Å². The molecule has 134 valence electrons. The summed E-state index contributed by atoms with van der Waals surface area (Å²) in [6, 6.07) is 9.47. The Bertz CT molecular complexity index is 919. The van der Waals surface area contributed by atoms with Crippen molar-refractivity contribution in [3.05, 3.63) is 53.9 Å². The second-order valence-corrected chi connectivity index (χ2v) is 6.37. The number of carbonyl (C=O) groups is 1. The van der Waals surface area contributed by atoms with Crippen molar-refractivity contribution in [2.45, 2.75) is 31.9 Å². The Morgan fingerprint density at radius 2 is 2.19 bits per heavy atom. The molecule has 1 unspecified atom stereocenters. The zero-order valence-electron chi connectivity index (χ0n) is 14.6. The van der Waals surface area contributed by atoms with Gasteiger partial charge in [-0.25, -0.2) is 0 Å². The largest absolute Gasteiger partial charge is 0.377 e. The van der Waals surface area contributed by atoms with Crippen molar-refractivity contribution in [1.29, 1.82) is 0 Å². The van der Waals surface area contributed by atoms with E-state index in [9.17, 15) is 4.79 Å². The topological polar surface area (TPSA) is 81.4 Å². The van der Waals surface area contributed by atoms with Crippen LogP contribution >= 0.6 is 0 Å². The first-order valence-electron chi connectivity index (χ1n) is 8.74. The van der Waals surface area contributed by atoms with Crippen LogP contribution in [0.15, 0.2) is 41.1 Å². The van der Waals surface area contributed by atoms with Crippen LogP contribution < -0.4 is 0 Å². The number of ether oxygens (including phenoxy) is 1. The number of hydrogen-bond donors (Lipinski definition) is 0. The predicted molar refractivity (Wildman–Crippen MR) is 94.4 cm³/mol. The zero-order valence-corrected chi connectivity index (χ0v) is 14.6. The molecule has 4 rings (SSSR count). The van der Waals surface area contributed by atoms with E-state index in [0.717, 1.165) is 30.0 Å². The molecule has 0 N–H and O–H groups in total. The molecule has 1 aliphatic heterocycles. The normalized spacial score (nSPS) is 17.6. The molecule has 1 saturated heterocycles. The first-order valence-corrected chi connectivity index (χ1v) is 8.74. The van der Waals surface area contributed by atoms with Gasteiger partial charge in [-0.3, -0.25) is 9.78 Å². The van der Waals surface area contributed by atoms with Crippen LogP contribution in [0.1, 0.15) is 47.5 Å². The van der Waals surface area contributed by atoms with Gasteiger partial charge in [-0.1, -0.05) is 29.4 Å². The van der Waals surface area contributed by atoms with E-state index in [-0.39, 0.29) is 18.6 Å². The highest BCUT2D eigenvalue weighted by atomic mass is 16.5. The molecule has 26 heavy (non-hydrogen) atoms. The van der Waals surface area contributed by atoms with Crippen molar-refractivity contribution in [2.24, 2.45) is 0 Å². The summed E-state index contributed by atoms with van der Waals surface area (Å²) in [5.74, 6) is 0.854. The number of nitrogens with zero attached hydrogens (tertiary/aromatic N) is 4. The Kier molecular flexibility index (Phi) is 4.62. The molecule has 1 aliphatic rings. The van der Waals surface area contributed by atoms with Gasteiger partial charge in [0.1, 0.15) is 18.3 Å². The number of aromatic nitrogens is 3. The van der Waals surface area contributed by atoms with Gasteiger partial charge in [-0.2, -0.15) is 4.98 Å². The van der Waals surface area contributed by atoms with Crippen LogP contribution in [0.25, 0.3) is 10.8 Å². The summed E-state index contributed by atoms with van der Waals surface area (Å²) in [5.41, 5.74) is 0.464. The smallest absolute Gasteiger partial charge is 0.273 e. The fraction of sp³-hybridized carbons (Fsp3) is 0.368. The maximum absolute atomic E-state index is 13.3. The number of piperidine rings is 1. The number of hydrogen-bond acceptors (Lipinski definition) is 6. The Balaban J connectivity index is 1.68. The lowest BCUT2D eigenvalue weighted by Crippen LogP contribution is -2.39. The summed E-state index contributed by atoms with van der Waals surface area (Å²) in [5, 5.41) is 5.79. The van der Waals surface area contributed by atoms with Gasteiger partial charge in [-0.15, -0.1) is 0 Å². The summed E-state index contributed by atoms with van der Waals surface area (Å²) >= 11 is 0. The number of amides is 1. The fourth-order valence-corrected chi connectivity index (χ4v) is 3.45. The molecular weight excluding hydrogens is 332 g/mol. The van der Waals surface area contributed by atoms with Crippen LogP contribution in [0.5, 0.6) is 0 Å². The predicted octanol–water partition coefficient (Wildman–Crippen LogP) is 3.13. The van der Waals surface area contributed by atoms with Gasteiger partial charge in [0.2, 0.25) is 5.89 Å². The maximum Gasteiger partial charge on any atom is 0.273 e. The fourth-order valence-electron chi connectivity index (χ4n) is 3.45. The first kappa shape index (κ1) is 16.7. The Hall–Kier alpha value is -2.80. The van der Waals surface area contributed by atoms with Crippen molar-refractivity contribution in [2.75, 3.05) is 13.7 Å². The molecule has 7 heteroatoms. The van der Waals surface area contributed by atoms with Gasteiger partial charge >= 0.3 is 0 Å². The monoisotopic (exact) mass is 352 g/mol. The zero-order chi connectivity index (χ0) is 17.9. The number of carbonyl (C=O) groups excluding carboxylic acids is 1. The van der Waals surface area contributed by atoms with Crippen molar-refractivity contribution < 1.29 is 14.1 Å². The lowest BCUT2D eigenvalue weighted by molar-refractivity contribution is 0.0557. The quantitative estimate of drug-likeness (QED) is 0.717. The van der Waals surface area contributed by atoms with Crippen LogP contribution in [-0.2, 0) is 11.3 Å². The minimum atomic E-state index is -0.227. The summed E-state index contributed by atoms with van der Waals surface area (Å²) in [7, 11) is 1.58. The number of rotatable bonds is 4. The first-order chi connectivity index (χ1) is 12.8. The van der Waals surface area contributed by atoms with Crippen molar-refractivity contribution in [3.8, 4) is 0 Å². The molecule has 1 atom stereocenters. The van der Waals surface area contributed by atoms with Crippen molar-refractivity contribution in [1.82, 2.24) is 20.0 Å². The molecule has 1 amide bonds. The molecule has 0 saturated carbocycles. The lowest BCUT2D eigenvalue weighted by Gasteiger charge is -2.33. The standard InChI is InChI=1S/C19H20N4O3/c1-25-12-16-21-18(26-22-16)15-8-4-5-11-23(15)19(24)17-14-7-3-2-6-13(14)9-10-20-17/h2-3,6-7,9-10,15H,4-5,8,11-12H2,1H3. The number of likely N-dealkylation sites (tertiary alicyclic amines) is 1. The van der Waals surface area contributed by atoms with Gasteiger partial charge in [0.05, 0.1) is 0 Å². The molecule has 3 heterocycles. The average molecular weight is 352 g/mol. The molecule has 2 aromatic heterocycles. The lowest BCUT2D eigenvalue weighted by atomic mass is 10.0. The molecule has 0 bridgehead atoms. The van der Waals surface area contributed by atoms with Crippen LogP contribution in [-0.4, -0.2) is 39.6 Å². The maximum atomic E-state index is 13.3. The van der Waals surface area contributed by atoms with Crippen LogP contribution in [0.3, 0.4) is 0 Å². The molecule has 0 radical (unpaired) electrons. The third kappa shape index (κ3) is 3.06. The number of methoxy groups -OCH3 is 1. The van der Waals surface area contributed by atoms with E-state index in [0.29, 0.717) is 24.0 Å². The van der Waals surface area contributed by atoms with E-state index in [1.54, 1.807) is 13.3 Å². The van der Waals surface area contributed by atoms with Crippen LogP contribution in [0.4, 0.5) is 0 Å². The summed E-state index contributed by atoms with van der Waals surface area (Å²) in [4.78, 5) is 23.8. The molecule has 0 aliphatic carbocycles. The van der Waals surface area contributed by atoms with Crippen LogP contribution in [0, 0.1) is 0 Å². The highest BCUT2D eigenvalue weighted by Gasteiger charge is 2.33. The van der Waals surface area contributed by atoms with Gasteiger partial charge in [-0.05, 0) is 30.7 Å². The van der Waals surface area contributed by atoms with E-state index in [4.69, 9.17) is 9.26 Å². The van der Waals surface area contributed by atoms with E-state index in [2.05, 4.69) is 15.1 Å². The highest BCUT2D eigenvalue weighted by molar-refractivity contribution is 6.05. The number of pyridine rings is 1. The SMILES string of the molecule is COCc1noc(C2CCCCN2C(=O)c2nccc3ccccc23)n1. The number of benzene rings is 1. The van der Waals surface area contributed by atoms with Gasteiger partial charge in [0.15, 0.2) is 5.82 Å². The Morgan fingerprint density at radius 3 is 3.08 bits per heavy atom. The molecule has 1 aromatic carbocycles. The summed E-state index contributed by atoms with van der Waals surface area (Å²) in [6.45, 7) is 0.936. The van der Waals surface area contributed by atoms with E-state index in [1.807, 2.05) is 35.2 Å². The van der Waals surface area contributed by atoms with Gasteiger partial charge < -0.3 is 14.2 Å². The Labute approximate surface area is 151 Å². The number of fused-ring (bicyclic) bond motifs is 1. The van der Waals surface area contributed by atoms with Crippen molar-refractivity contribution >= 4 is 16.7 Å². The molecule has 1 fully saturated rings. The average Bonchev–Trinajstić information content (AvgIpc) is 3.16. The van der Waals surface area contributed by atoms with Crippen LogP contribution in [0.2, 0.25) is 0 Å². The second-order valence-electron chi connectivity index (χ2n) is 6.37. The highest BCUT2D eigenvalue weighted by Crippen LogP contribution is 2.32. The summed E-state index contributed by atoms with van der Waals surface area (Å²) < 4.78 is 10.4. The molecule has 3 aromatic rings. The minimum Gasteiger partial charge on any atom is -0.377 e. The van der Waals surface area contributed by atoms with E-state index < -0.39 is 0 Å². The summed E-state index contributed by atoms with van der Waals surface area (Å²) in [6.07, 6.45) is 4.44. The van der Waals surface area contributed by atoms with E-state index >= 15 is 0 Å². The molecular formula is C19H20N4O3. The van der Waals surface area contributed by atoms with Crippen molar-refractivity contribution in [3.63, 3.8) is 0 Å². The molecule has 0 spiro atoms. The third-order valence-corrected chi connectivity index (χ3v) is 4.68. The second kappa shape index (κ2) is 7.21. The van der Waals surface area contributed by atoms with Gasteiger partial charge in [0.25, 0.3) is 5.91 Å². The third-order valence-electron chi connectivity index (χ3n) is 4.68.